The average Bonchev–Trinajstić information content (AvgIpc) is 3.04. The van der Waals surface area contributed by atoms with Crippen molar-refractivity contribution in [3.63, 3.8) is 0 Å². The van der Waals surface area contributed by atoms with Crippen LogP contribution in [0.15, 0.2) is 17.1 Å². The van der Waals surface area contributed by atoms with Crippen LogP contribution >= 0.6 is 35.3 Å². The van der Waals surface area contributed by atoms with Crippen LogP contribution in [0.4, 0.5) is 0 Å². The average molecular weight is 519 g/mol. The van der Waals surface area contributed by atoms with Gasteiger partial charge in [-0.1, -0.05) is 6.42 Å². The zero-order chi connectivity index (χ0) is 19.1. The van der Waals surface area contributed by atoms with Gasteiger partial charge >= 0.3 is 0 Å². The molecule has 1 saturated carbocycles. The van der Waals surface area contributed by atoms with Crippen LogP contribution in [0.3, 0.4) is 0 Å². The van der Waals surface area contributed by atoms with Gasteiger partial charge in [0.25, 0.3) is 0 Å². The van der Waals surface area contributed by atoms with E-state index in [2.05, 4.69) is 51.4 Å². The fourth-order valence-electron chi connectivity index (χ4n) is 3.51. The van der Waals surface area contributed by atoms with Gasteiger partial charge in [-0.05, 0) is 38.8 Å². The second-order valence-electron chi connectivity index (χ2n) is 7.43. The molecule has 2 heterocycles. The Bertz CT molecular complexity index is 638. The Balaban J connectivity index is 0.00000280. The lowest BCUT2D eigenvalue weighted by atomic mass is 9.84. The Morgan fingerprint density at radius 3 is 2.54 bits per heavy atom. The summed E-state index contributed by atoms with van der Waals surface area (Å²) < 4.78 is 0. The summed E-state index contributed by atoms with van der Waals surface area (Å²) in [6.07, 6.45) is 3.42. The maximum atomic E-state index is 12.3. The van der Waals surface area contributed by atoms with Crippen LogP contribution in [0.1, 0.15) is 35.9 Å². The van der Waals surface area contributed by atoms with E-state index in [1.54, 1.807) is 11.3 Å². The van der Waals surface area contributed by atoms with Crippen molar-refractivity contribution in [3.05, 3.63) is 21.9 Å². The highest BCUT2D eigenvalue weighted by Crippen LogP contribution is 2.28. The molecule has 1 aromatic rings. The van der Waals surface area contributed by atoms with E-state index in [0.717, 1.165) is 71.2 Å². The quantitative estimate of drug-likeness (QED) is 0.331. The van der Waals surface area contributed by atoms with E-state index in [1.807, 2.05) is 0 Å². The fraction of sp³-hybridized carbons (Fsp3) is 0.700. The lowest BCUT2D eigenvalue weighted by Crippen LogP contribution is -2.52. The normalized spacial score (nSPS) is 18.4. The predicted octanol–water partition coefficient (Wildman–Crippen LogP) is 2.67. The highest BCUT2D eigenvalue weighted by molar-refractivity contribution is 14.0. The molecular formula is C20H34IN5OS. The molecule has 2 fully saturated rings. The van der Waals surface area contributed by atoms with Crippen LogP contribution in [0.2, 0.25) is 0 Å². The number of guanidine groups is 1. The maximum Gasteiger partial charge on any atom is 0.225 e. The fourth-order valence-corrected chi connectivity index (χ4v) is 4.32. The molecule has 2 N–H and O–H groups in total. The number of carbonyl (C=O) groups is 1. The number of amides is 1. The van der Waals surface area contributed by atoms with Crippen molar-refractivity contribution < 1.29 is 4.79 Å². The number of nitrogens with zero attached hydrogens (tertiary/aromatic N) is 3. The summed E-state index contributed by atoms with van der Waals surface area (Å²) in [5.41, 5.74) is 0. The smallest absolute Gasteiger partial charge is 0.225 e. The van der Waals surface area contributed by atoms with Gasteiger partial charge < -0.3 is 15.5 Å². The molecule has 1 aliphatic carbocycles. The molecule has 1 aromatic heterocycles. The van der Waals surface area contributed by atoms with Crippen LogP contribution in [-0.4, -0.2) is 67.5 Å². The van der Waals surface area contributed by atoms with Gasteiger partial charge in [0.15, 0.2) is 5.96 Å². The summed E-state index contributed by atoms with van der Waals surface area (Å²) in [5, 5.41) is 6.75. The molecule has 0 atom stereocenters. The zero-order valence-electron chi connectivity index (χ0n) is 17.1. The Morgan fingerprint density at radius 1 is 1.21 bits per heavy atom. The van der Waals surface area contributed by atoms with E-state index in [1.165, 1.54) is 16.2 Å². The van der Waals surface area contributed by atoms with E-state index in [9.17, 15) is 4.79 Å². The van der Waals surface area contributed by atoms with Gasteiger partial charge in [0.1, 0.15) is 0 Å². The number of carbonyl (C=O) groups excluding carboxylic acids is 1. The first-order valence-corrected chi connectivity index (χ1v) is 11.1. The molecule has 0 spiro atoms. The predicted molar refractivity (Wildman–Crippen MR) is 128 cm³/mol. The first-order chi connectivity index (χ1) is 13.2. The van der Waals surface area contributed by atoms with Crippen LogP contribution < -0.4 is 10.6 Å². The molecule has 6 nitrogen and oxygen atoms in total. The maximum absolute atomic E-state index is 12.3. The van der Waals surface area contributed by atoms with Crippen LogP contribution in [0.25, 0.3) is 0 Å². The zero-order valence-corrected chi connectivity index (χ0v) is 20.2. The summed E-state index contributed by atoms with van der Waals surface area (Å²) in [6.45, 7) is 11.3. The van der Waals surface area contributed by atoms with E-state index >= 15 is 0 Å². The van der Waals surface area contributed by atoms with Crippen molar-refractivity contribution in [1.29, 1.82) is 0 Å². The Hall–Kier alpha value is -0.870. The van der Waals surface area contributed by atoms with Crippen molar-refractivity contribution in [3.8, 4) is 0 Å². The number of hydrogen-bond donors (Lipinski definition) is 2. The number of piperazine rings is 1. The SMILES string of the molecule is CCNC(=NCc1ccc(C)s1)NCCN1CCN(C(=O)C2CCC2)CC1.I. The van der Waals surface area contributed by atoms with Crippen molar-refractivity contribution in [1.82, 2.24) is 20.4 Å². The van der Waals surface area contributed by atoms with Gasteiger partial charge in [0.2, 0.25) is 5.91 Å². The third-order valence-corrected chi connectivity index (χ3v) is 6.38. The summed E-state index contributed by atoms with van der Waals surface area (Å²) in [7, 11) is 0. The van der Waals surface area contributed by atoms with E-state index in [4.69, 9.17) is 0 Å². The molecule has 28 heavy (non-hydrogen) atoms. The van der Waals surface area contributed by atoms with Gasteiger partial charge in [-0.25, -0.2) is 4.99 Å². The van der Waals surface area contributed by atoms with Crippen LogP contribution in [0, 0.1) is 12.8 Å². The topological polar surface area (TPSA) is 60.0 Å². The second kappa shape index (κ2) is 12.0. The number of thiophene rings is 1. The number of nitrogens with one attached hydrogen (secondary N) is 2. The Labute approximate surface area is 190 Å². The van der Waals surface area contributed by atoms with E-state index in [0.29, 0.717) is 11.8 Å². The number of aryl methyl sites for hydroxylation is 1. The highest BCUT2D eigenvalue weighted by atomic mass is 127. The minimum atomic E-state index is 0. The molecule has 0 aromatic carbocycles. The van der Waals surface area contributed by atoms with Crippen LogP contribution in [0.5, 0.6) is 0 Å². The van der Waals surface area contributed by atoms with Gasteiger partial charge in [0, 0.05) is 61.5 Å². The highest BCUT2D eigenvalue weighted by Gasteiger charge is 2.30. The third-order valence-electron chi connectivity index (χ3n) is 5.39. The number of rotatable bonds is 7. The molecule has 8 heteroatoms. The second-order valence-corrected chi connectivity index (χ2v) is 8.80. The summed E-state index contributed by atoms with van der Waals surface area (Å²) in [4.78, 5) is 24.1. The molecule has 158 valence electrons. The standard InChI is InChI=1S/C20H33N5OS.HI/c1-3-21-20(23-15-18-8-7-16(2)27-18)22-9-10-24-11-13-25(14-12-24)19(26)17-5-4-6-17;/h7-8,17H,3-6,9-15H2,1-2H3,(H2,21,22,23);1H. The molecule has 2 aliphatic rings. The van der Waals surface area contributed by atoms with Gasteiger partial charge in [0.05, 0.1) is 6.54 Å². The summed E-state index contributed by atoms with van der Waals surface area (Å²) >= 11 is 1.80. The van der Waals surface area contributed by atoms with Gasteiger partial charge in [-0.2, -0.15) is 0 Å². The molecule has 0 unspecified atom stereocenters. The lowest BCUT2D eigenvalue weighted by molar-refractivity contribution is -0.139. The number of halogens is 1. The van der Waals surface area contributed by atoms with E-state index in [-0.39, 0.29) is 24.0 Å². The van der Waals surface area contributed by atoms with Gasteiger partial charge in [-0.3, -0.25) is 9.69 Å². The van der Waals surface area contributed by atoms with Crippen LogP contribution in [-0.2, 0) is 11.3 Å². The van der Waals surface area contributed by atoms with Crippen molar-refractivity contribution >= 4 is 47.2 Å². The third kappa shape index (κ3) is 6.88. The first-order valence-electron chi connectivity index (χ1n) is 10.2. The monoisotopic (exact) mass is 519 g/mol. The number of aliphatic imine (C=N–C) groups is 1. The Morgan fingerprint density at radius 2 is 1.96 bits per heavy atom. The molecule has 1 amide bonds. The lowest BCUT2D eigenvalue weighted by Gasteiger charge is -2.38. The molecule has 0 radical (unpaired) electrons. The largest absolute Gasteiger partial charge is 0.357 e. The van der Waals surface area contributed by atoms with Crippen molar-refractivity contribution in [2.75, 3.05) is 45.8 Å². The van der Waals surface area contributed by atoms with Crippen molar-refractivity contribution in [2.24, 2.45) is 10.9 Å². The minimum absolute atomic E-state index is 0. The van der Waals surface area contributed by atoms with E-state index < -0.39 is 0 Å². The molecular weight excluding hydrogens is 485 g/mol. The minimum Gasteiger partial charge on any atom is -0.357 e. The Kier molecular flexibility index (Phi) is 10.0. The first kappa shape index (κ1) is 23.4. The molecule has 1 saturated heterocycles. The molecule has 3 rings (SSSR count). The molecule has 1 aliphatic heterocycles. The van der Waals surface area contributed by atoms with Gasteiger partial charge in [-0.15, -0.1) is 35.3 Å². The summed E-state index contributed by atoms with van der Waals surface area (Å²) in [6, 6.07) is 4.29. The molecule has 0 bridgehead atoms. The van der Waals surface area contributed by atoms with Crippen molar-refractivity contribution in [2.45, 2.75) is 39.7 Å². The number of hydrogen-bond acceptors (Lipinski definition) is 4. The summed E-state index contributed by atoms with van der Waals surface area (Å²) in [5.74, 6) is 1.59.